The molecule has 2 rings (SSSR count). The van der Waals surface area contributed by atoms with E-state index in [1.807, 2.05) is 24.3 Å². The van der Waals surface area contributed by atoms with Gasteiger partial charge in [0.2, 0.25) is 0 Å². The first-order valence-electron chi connectivity index (χ1n) is 6.81. The van der Waals surface area contributed by atoms with Gasteiger partial charge in [0.25, 0.3) is 0 Å². The summed E-state index contributed by atoms with van der Waals surface area (Å²) in [5.74, 6) is -0.220. The van der Waals surface area contributed by atoms with Crippen LogP contribution in [0.15, 0.2) is 36.4 Å². The number of methoxy groups -OCH3 is 2. The van der Waals surface area contributed by atoms with Crippen molar-refractivity contribution in [2.24, 2.45) is 0 Å². The molecule has 2 N–H and O–H groups in total. The molecule has 0 aliphatic heterocycles. The van der Waals surface area contributed by atoms with Gasteiger partial charge in [-0.15, -0.1) is 0 Å². The minimum atomic E-state index is -1.15. The van der Waals surface area contributed by atoms with Gasteiger partial charge >= 0.3 is 5.97 Å². The van der Waals surface area contributed by atoms with Crippen LogP contribution in [0.1, 0.15) is 21.5 Å². The molecule has 0 spiro atoms. The van der Waals surface area contributed by atoms with E-state index in [4.69, 9.17) is 9.47 Å². The third-order valence-electron chi connectivity index (χ3n) is 3.46. The number of hydrogen-bond donors (Lipinski definition) is 2. The third-order valence-corrected chi connectivity index (χ3v) is 3.46. The zero-order valence-electron chi connectivity index (χ0n) is 12.5. The van der Waals surface area contributed by atoms with Crippen molar-refractivity contribution in [2.75, 3.05) is 14.2 Å². The van der Waals surface area contributed by atoms with Gasteiger partial charge in [0, 0.05) is 6.07 Å². The number of hydrogen-bond acceptors (Lipinski definition) is 4. The highest BCUT2D eigenvalue weighted by atomic mass is 16.5. The van der Waals surface area contributed by atoms with E-state index in [0.29, 0.717) is 24.2 Å². The molecule has 2 aromatic carbocycles. The third kappa shape index (κ3) is 3.49. The molecule has 2 aromatic rings. The standard InChI is InChI=1S/C17H18O5/c1-21-13-7-4-11(5-8-13)3-6-12-9-14(22-2)10-15(18)16(12)17(19)20/h4-5,7-10,18H,3,6H2,1-2H3,(H,19,20). The highest BCUT2D eigenvalue weighted by Crippen LogP contribution is 2.29. The van der Waals surface area contributed by atoms with Gasteiger partial charge in [0.05, 0.1) is 14.2 Å². The summed E-state index contributed by atoms with van der Waals surface area (Å²) in [7, 11) is 3.08. The maximum Gasteiger partial charge on any atom is 0.339 e. The normalized spacial score (nSPS) is 10.3. The van der Waals surface area contributed by atoms with Gasteiger partial charge in [-0.3, -0.25) is 0 Å². The van der Waals surface area contributed by atoms with Crippen molar-refractivity contribution in [2.45, 2.75) is 12.8 Å². The predicted octanol–water partition coefficient (Wildman–Crippen LogP) is 2.89. The molecule has 22 heavy (non-hydrogen) atoms. The van der Waals surface area contributed by atoms with Crippen molar-refractivity contribution in [1.29, 1.82) is 0 Å². The molecule has 0 saturated carbocycles. The van der Waals surface area contributed by atoms with E-state index in [9.17, 15) is 15.0 Å². The molecule has 0 heterocycles. The quantitative estimate of drug-likeness (QED) is 0.858. The fourth-order valence-electron chi connectivity index (χ4n) is 2.29. The van der Waals surface area contributed by atoms with E-state index in [-0.39, 0.29) is 11.3 Å². The Morgan fingerprint density at radius 1 is 1.00 bits per heavy atom. The van der Waals surface area contributed by atoms with Gasteiger partial charge in [-0.1, -0.05) is 12.1 Å². The number of aromatic carboxylic acids is 1. The summed E-state index contributed by atoms with van der Waals surface area (Å²) in [5, 5.41) is 19.1. The average Bonchev–Trinajstić information content (AvgIpc) is 2.52. The van der Waals surface area contributed by atoms with Crippen molar-refractivity contribution in [3.63, 3.8) is 0 Å². The molecule has 0 unspecified atom stereocenters. The molecule has 0 atom stereocenters. The number of phenols is 1. The number of carboxylic acid groups (broad SMARTS) is 1. The lowest BCUT2D eigenvalue weighted by atomic mass is 9.98. The average molecular weight is 302 g/mol. The zero-order chi connectivity index (χ0) is 16.1. The molecule has 0 aliphatic carbocycles. The highest BCUT2D eigenvalue weighted by Gasteiger charge is 2.17. The minimum absolute atomic E-state index is 0.0747. The molecule has 0 bridgehead atoms. The van der Waals surface area contributed by atoms with Gasteiger partial charge in [-0.25, -0.2) is 4.79 Å². The second-order valence-corrected chi connectivity index (χ2v) is 4.83. The molecule has 0 fully saturated rings. The smallest absolute Gasteiger partial charge is 0.339 e. The van der Waals surface area contributed by atoms with Crippen LogP contribution >= 0.6 is 0 Å². The van der Waals surface area contributed by atoms with Crippen LogP contribution in [0.3, 0.4) is 0 Å². The van der Waals surface area contributed by atoms with Crippen LogP contribution in [0.25, 0.3) is 0 Å². The predicted molar refractivity (Wildman–Crippen MR) is 82.0 cm³/mol. The molecule has 0 amide bonds. The van der Waals surface area contributed by atoms with E-state index >= 15 is 0 Å². The highest BCUT2D eigenvalue weighted by molar-refractivity contribution is 5.93. The minimum Gasteiger partial charge on any atom is -0.507 e. The SMILES string of the molecule is COc1ccc(CCc2cc(OC)cc(O)c2C(=O)O)cc1. The maximum atomic E-state index is 11.3. The Morgan fingerprint density at radius 3 is 2.18 bits per heavy atom. The van der Waals surface area contributed by atoms with Gasteiger partial charge in [0.15, 0.2) is 0 Å². The maximum absolute atomic E-state index is 11.3. The van der Waals surface area contributed by atoms with Crippen LogP contribution in [-0.4, -0.2) is 30.4 Å². The summed E-state index contributed by atoms with van der Waals surface area (Å²) in [6.07, 6.45) is 1.13. The molecule has 0 aliphatic rings. The van der Waals surface area contributed by atoms with Crippen molar-refractivity contribution in [1.82, 2.24) is 0 Å². The molecular formula is C17H18O5. The number of benzene rings is 2. The van der Waals surface area contributed by atoms with Gasteiger partial charge < -0.3 is 19.7 Å². The summed E-state index contributed by atoms with van der Waals surface area (Å²) in [6, 6.07) is 10.5. The van der Waals surface area contributed by atoms with Crippen molar-refractivity contribution >= 4 is 5.97 Å². The van der Waals surface area contributed by atoms with Gasteiger partial charge in [-0.05, 0) is 42.2 Å². The topological polar surface area (TPSA) is 76.0 Å². The summed E-state index contributed by atoms with van der Waals surface area (Å²) >= 11 is 0. The Morgan fingerprint density at radius 2 is 1.64 bits per heavy atom. The molecule has 5 nitrogen and oxygen atoms in total. The van der Waals surface area contributed by atoms with Crippen molar-refractivity contribution in [3.05, 3.63) is 53.1 Å². The number of aromatic hydroxyl groups is 1. The Labute approximate surface area is 128 Å². The number of carboxylic acids is 1. The molecule has 5 heteroatoms. The molecular weight excluding hydrogens is 284 g/mol. The Kier molecular flexibility index (Phi) is 4.88. The number of aryl methyl sites for hydroxylation is 2. The van der Waals surface area contributed by atoms with E-state index < -0.39 is 5.97 Å². The first kappa shape index (κ1) is 15.7. The molecule has 0 saturated heterocycles. The van der Waals surface area contributed by atoms with Crippen LogP contribution in [0.4, 0.5) is 0 Å². The molecule has 0 aromatic heterocycles. The van der Waals surface area contributed by atoms with Crippen LogP contribution < -0.4 is 9.47 Å². The van der Waals surface area contributed by atoms with Crippen molar-refractivity contribution < 1.29 is 24.5 Å². The monoisotopic (exact) mass is 302 g/mol. The molecule has 0 radical (unpaired) electrons. The molecule has 116 valence electrons. The Balaban J connectivity index is 2.23. The second kappa shape index (κ2) is 6.85. The summed E-state index contributed by atoms with van der Waals surface area (Å²) in [4.78, 5) is 11.3. The van der Waals surface area contributed by atoms with Gasteiger partial charge in [0.1, 0.15) is 22.8 Å². The van der Waals surface area contributed by atoms with Crippen LogP contribution in [-0.2, 0) is 12.8 Å². The van der Waals surface area contributed by atoms with Gasteiger partial charge in [-0.2, -0.15) is 0 Å². The van der Waals surface area contributed by atoms with Crippen LogP contribution in [0.5, 0.6) is 17.2 Å². The number of rotatable bonds is 6. The van der Waals surface area contributed by atoms with E-state index in [0.717, 1.165) is 11.3 Å². The van der Waals surface area contributed by atoms with E-state index in [1.54, 1.807) is 13.2 Å². The summed E-state index contributed by atoms with van der Waals surface area (Å²) < 4.78 is 10.2. The second-order valence-electron chi connectivity index (χ2n) is 4.83. The van der Waals surface area contributed by atoms with E-state index in [2.05, 4.69) is 0 Å². The Hall–Kier alpha value is -2.69. The van der Waals surface area contributed by atoms with Crippen LogP contribution in [0.2, 0.25) is 0 Å². The van der Waals surface area contributed by atoms with Crippen molar-refractivity contribution in [3.8, 4) is 17.2 Å². The fourth-order valence-corrected chi connectivity index (χ4v) is 2.29. The lowest BCUT2D eigenvalue weighted by molar-refractivity contribution is 0.0692. The van der Waals surface area contributed by atoms with E-state index in [1.165, 1.54) is 13.2 Å². The number of carbonyl (C=O) groups is 1. The first-order valence-corrected chi connectivity index (χ1v) is 6.81. The Bertz CT molecular complexity index is 661. The lowest BCUT2D eigenvalue weighted by Crippen LogP contribution is -2.05. The lowest BCUT2D eigenvalue weighted by Gasteiger charge is -2.11. The fraction of sp³-hybridized carbons (Fsp3) is 0.235. The summed E-state index contributed by atoms with van der Waals surface area (Å²) in [6.45, 7) is 0. The largest absolute Gasteiger partial charge is 0.507 e. The first-order chi connectivity index (χ1) is 10.5. The van der Waals surface area contributed by atoms with Crippen LogP contribution in [0, 0.1) is 0 Å². The number of ether oxygens (including phenoxy) is 2. The summed E-state index contributed by atoms with van der Waals surface area (Å²) in [5.41, 5.74) is 1.52. The zero-order valence-corrected chi connectivity index (χ0v) is 12.5.